The second-order valence-electron chi connectivity index (χ2n) is 4.31. The Balaban J connectivity index is 1.87. The summed E-state index contributed by atoms with van der Waals surface area (Å²) in [6.07, 6.45) is 0. The minimum absolute atomic E-state index is 0.593. The van der Waals surface area contributed by atoms with Crippen molar-refractivity contribution in [2.45, 2.75) is 5.92 Å². The van der Waals surface area contributed by atoms with Crippen molar-refractivity contribution in [1.82, 2.24) is 5.32 Å². The maximum Gasteiger partial charge on any atom is 0.130 e. The summed E-state index contributed by atoms with van der Waals surface area (Å²) >= 11 is 0. The number of para-hydroxylation sites is 2. The van der Waals surface area contributed by atoms with E-state index in [-0.39, 0.29) is 0 Å². The van der Waals surface area contributed by atoms with Crippen LogP contribution in [0.15, 0.2) is 54.6 Å². The molecule has 17 heavy (non-hydrogen) atoms. The number of benzene rings is 2. The molecule has 1 fully saturated rings. The maximum absolute atomic E-state index is 5.94. The lowest BCUT2D eigenvalue weighted by atomic mass is 9.93. The van der Waals surface area contributed by atoms with Gasteiger partial charge in [0.2, 0.25) is 0 Å². The van der Waals surface area contributed by atoms with E-state index in [4.69, 9.17) is 4.74 Å². The molecular formula is C15H15NO. The van der Waals surface area contributed by atoms with Gasteiger partial charge in [0.15, 0.2) is 0 Å². The fraction of sp³-hybridized carbons (Fsp3) is 0.200. The smallest absolute Gasteiger partial charge is 0.130 e. The van der Waals surface area contributed by atoms with Gasteiger partial charge in [0, 0.05) is 24.6 Å². The average Bonchev–Trinajstić information content (AvgIpc) is 2.31. The van der Waals surface area contributed by atoms with E-state index in [9.17, 15) is 0 Å². The van der Waals surface area contributed by atoms with E-state index in [1.165, 1.54) is 5.56 Å². The Morgan fingerprint density at radius 2 is 1.59 bits per heavy atom. The molecule has 1 aliphatic rings. The van der Waals surface area contributed by atoms with Crippen molar-refractivity contribution in [2.24, 2.45) is 0 Å². The summed E-state index contributed by atoms with van der Waals surface area (Å²) in [7, 11) is 0. The molecule has 1 heterocycles. The van der Waals surface area contributed by atoms with Crippen LogP contribution in [0.25, 0.3) is 0 Å². The van der Waals surface area contributed by atoms with Gasteiger partial charge >= 0.3 is 0 Å². The SMILES string of the molecule is c1ccc(Oc2ccccc2C2CNC2)cc1. The molecule has 1 aliphatic heterocycles. The van der Waals surface area contributed by atoms with Gasteiger partial charge in [0.25, 0.3) is 0 Å². The van der Waals surface area contributed by atoms with Crippen molar-refractivity contribution in [2.75, 3.05) is 13.1 Å². The summed E-state index contributed by atoms with van der Waals surface area (Å²) in [5.41, 5.74) is 1.30. The molecule has 1 saturated heterocycles. The number of hydrogen-bond donors (Lipinski definition) is 1. The molecule has 0 unspecified atom stereocenters. The molecule has 86 valence electrons. The number of ether oxygens (including phenoxy) is 1. The molecule has 1 N–H and O–H groups in total. The van der Waals surface area contributed by atoms with Crippen molar-refractivity contribution < 1.29 is 4.74 Å². The molecule has 2 nitrogen and oxygen atoms in total. The van der Waals surface area contributed by atoms with Gasteiger partial charge in [-0.15, -0.1) is 0 Å². The van der Waals surface area contributed by atoms with E-state index in [0.29, 0.717) is 5.92 Å². The molecule has 0 aromatic heterocycles. The van der Waals surface area contributed by atoms with Crippen molar-refractivity contribution in [3.05, 3.63) is 60.2 Å². The summed E-state index contributed by atoms with van der Waals surface area (Å²) in [4.78, 5) is 0. The first-order valence-electron chi connectivity index (χ1n) is 5.96. The Morgan fingerprint density at radius 1 is 0.882 bits per heavy atom. The highest BCUT2D eigenvalue weighted by atomic mass is 16.5. The van der Waals surface area contributed by atoms with Crippen LogP contribution in [0.4, 0.5) is 0 Å². The second-order valence-corrected chi connectivity index (χ2v) is 4.31. The lowest BCUT2D eigenvalue weighted by Crippen LogP contribution is -2.39. The Labute approximate surface area is 101 Å². The zero-order valence-corrected chi connectivity index (χ0v) is 9.60. The third kappa shape index (κ3) is 2.17. The van der Waals surface area contributed by atoms with Crippen LogP contribution in [0.3, 0.4) is 0 Å². The Kier molecular flexibility index (Phi) is 2.80. The van der Waals surface area contributed by atoms with Crippen molar-refractivity contribution in [1.29, 1.82) is 0 Å². The van der Waals surface area contributed by atoms with E-state index in [1.54, 1.807) is 0 Å². The highest BCUT2D eigenvalue weighted by molar-refractivity contribution is 5.41. The highest BCUT2D eigenvalue weighted by Gasteiger charge is 2.22. The quantitative estimate of drug-likeness (QED) is 0.866. The molecule has 0 atom stereocenters. The largest absolute Gasteiger partial charge is 0.457 e. The number of hydrogen-bond acceptors (Lipinski definition) is 2. The topological polar surface area (TPSA) is 21.3 Å². The first kappa shape index (κ1) is 10.4. The number of rotatable bonds is 3. The molecule has 0 amide bonds. The molecule has 2 heteroatoms. The molecule has 0 saturated carbocycles. The van der Waals surface area contributed by atoms with Crippen LogP contribution in [-0.4, -0.2) is 13.1 Å². The molecule has 0 spiro atoms. The summed E-state index contributed by atoms with van der Waals surface area (Å²) < 4.78 is 5.94. The summed E-state index contributed by atoms with van der Waals surface area (Å²) in [5.74, 6) is 2.47. The van der Waals surface area contributed by atoms with E-state index in [0.717, 1.165) is 24.6 Å². The summed E-state index contributed by atoms with van der Waals surface area (Å²) in [6, 6.07) is 18.2. The summed E-state index contributed by atoms with van der Waals surface area (Å²) in [6.45, 7) is 2.10. The minimum Gasteiger partial charge on any atom is -0.457 e. The first-order chi connectivity index (χ1) is 8.43. The highest BCUT2D eigenvalue weighted by Crippen LogP contribution is 2.32. The molecule has 2 aromatic carbocycles. The average molecular weight is 225 g/mol. The lowest BCUT2D eigenvalue weighted by molar-refractivity contribution is 0.418. The third-order valence-electron chi connectivity index (χ3n) is 3.11. The van der Waals surface area contributed by atoms with Gasteiger partial charge in [-0.1, -0.05) is 36.4 Å². The van der Waals surface area contributed by atoms with E-state index >= 15 is 0 Å². The second kappa shape index (κ2) is 4.60. The van der Waals surface area contributed by atoms with Gasteiger partial charge < -0.3 is 10.1 Å². The fourth-order valence-corrected chi connectivity index (χ4v) is 2.03. The predicted molar refractivity (Wildman–Crippen MR) is 68.6 cm³/mol. The number of nitrogens with one attached hydrogen (secondary N) is 1. The van der Waals surface area contributed by atoms with Crippen LogP contribution in [0.2, 0.25) is 0 Å². The molecular weight excluding hydrogens is 210 g/mol. The third-order valence-corrected chi connectivity index (χ3v) is 3.11. The van der Waals surface area contributed by atoms with Gasteiger partial charge in [0.1, 0.15) is 11.5 Å². The Hall–Kier alpha value is -1.80. The van der Waals surface area contributed by atoms with Crippen molar-refractivity contribution in [3.63, 3.8) is 0 Å². The van der Waals surface area contributed by atoms with E-state index in [1.807, 2.05) is 42.5 Å². The predicted octanol–water partition coefficient (Wildman–Crippen LogP) is 3.17. The zero-order chi connectivity index (χ0) is 11.5. The van der Waals surface area contributed by atoms with Gasteiger partial charge in [-0.05, 0) is 18.2 Å². The van der Waals surface area contributed by atoms with Gasteiger partial charge in [-0.25, -0.2) is 0 Å². The molecule has 0 bridgehead atoms. The maximum atomic E-state index is 5.94. The van der Waals surface area contributed by atoms with Crippen LogP contribution in [0, 0.1) is 0 Å². The van der Waals surface area contributed by atoms with Crippen LogP contribution in [-0.2, 0) is 0 Å². The lowest BCUT2D eigenvalue weighted by Gasteiger charge is -2.28. The van der Waals surface area contributed by atoms with E-state index < -0.39 is 0 Å². The monoisotopic (exact) mass is 225 g/mol. The van der Waals surface area contributed by atoms with Crippen molar-refractivity contribution in [3.8, 4) is 11.5 Å². The van der Waals surface area contributed by atoms with Gasteiger partial charge in [-0.2, -0.15) is 0 Å². The molecule has 2 aromatic rings. The minimum atomic E-state index is 0.593. The Bertz CT molecular complexity index is 491. The molecule has 0 aliphatic carbocycles. The standard InChI is InChI=1S/C15H15NO/c1-2-6-13(7-3-1)17-15-9-5-4-8-14(15)12-10-16-11-12/h1-9,12,16H,10-11H2. The zero-order valence-electron chi connectivity index (χ0n) is 9.60. The normalized spacial score (nSPS) is 15.3. The fourth-order valence-electron chi connectivity index (χ4n) is 2.03. The van der Waals surface area contributed by atoms with Crippen LogP contribution >= 0.6 is 0 Å². The van der Waals surface area contributed by atoms with Gasteiger partial charge in [-0.3, -0.25) is 0 Å². The molecule has 0 radical (unpaired) electrons. The van der Waals surface area contributed by atoms with Crippen LogP contribution in [0.5, 0.6) is 11.5 Å². The Morgan fingerprint density at radius 3 is 2.29 bits per heavy atom. The first-order valence-corrected chi connectivity index (χ1v) is 5.96. The van der Waals surface area contributed by atoms with Crippen LogP contribution < -0.4 is 10.1 Å². The van der Waals surface area contributed by atoms with E-state index in [2.05, 4.69) is 17.4 Å². The van der Waals surface area contributed by atoms with Crippen molar-refractivity contribution >= 4 is 0 Å². The summed E-state index contributed by atoms with van der Waals surface area (Å²) in [5, 5.41) is 3.30. The molecule has 3 rings (SSSR count). The van der Waals surface area contributed by atoms with Gasteiger partial charge in [0.05, 0.1) is 0 Å². The van der Waals surface area contributed by atoms with Crippen LogP contribution in [0.1, 0.15) is 11.5 Å².